The van der Waals surface area contributed by atoms with E-state index in [1.165, 1.54) is 18.6 Å². The first kappa shape index (κ1) is 42.8. The van der Waals surface area contributed by atoms with Gasteiger partial charge in [0.05, 0.1) is 30.7 Å². The number of aryl methyl sites for hydroxylation is 1. The molecular formula is C40H60O10. The summed E-state index contributed by atoms with van der Waals surface area (Å²) in [4.78, 5) is 45.8. The SMILES string of the molecule is C=CC(=O)OCCCCCCOC1CCC(C(=O)Oc2ccc(OC(=O)C3CCC(OCCCCCCOC)CC3)cc2C)CC1.C=CC=O. The molecule has 1 aromatic rings. The third-order valence-electron chi connectivity index (χ3n) is 9.09. The molecule has 0 aromatic heterocycles. The highest BCUT2D eigenvalue weighted by Crippen LogP contribution is 2.32. The lowest BCUT2D eigenvalue weighted by Gasteiger charge is -2.27. The normalized spacial score (nSPS) is 20.0. The third-order valence-corrected chi connectivity index (χ3v) is 9.09. The third kappa shape index (κ3) is 18.1. The first-order chi connectivity index (χ1) is 24.3. The van der Waals surface area contributed by atoms with Gasteiger partial charge in [-0.3, -0.25) is 14.4 Å². The van der Waals surface area contributed by atoms with Crippen LogP contribution in [0.3, 0.4) is 0 Å². The van der Waals surface area contributed by atoms with E-state index in [0.29, 0.717) is 31.0 Å². The maximum atomic E-state index is 12.9. The second kappa shape index (κ2) is 26.5. The van der Waals surface area contributed by atoms with Gasteiger partial charge in [-0.15, -0.1) is 0 Å². The fraction of sp³-hybridized carbons (Fsp3) is 0.650. The summed E-state index contributed by atoms with van der Waals surface area (Å²) in [5.74, 6) is -0.0809. The summed E-state index contributed by atoms with van der Waals surface area (Å²) < 4.78 is 33.6. The predicted molar refractivity (Wildman–Crippen MR) is 192 cm³/mol. The molecule has 2 fully saturated rings. The average molecular weight is 701 g/mol. The quantitative estimate of drug-likeness (QED) is 0.0389. The highest BCUT2D eigenvalue weighted by Gasteiger charge is 2.30. The van der Waals surface area contributed by atoms with E-state index in [1.54, 1.807) is 25.3 Å². The molecule has 3 rings (SSSR count). The molecule has 10 heteroatoms. The number of rotatable bonds is 22. The van der Waals surface area contributed by atoms with Crippen molar-refractivity contribution in [3.63, 3.8) is 0 Å². The Morgan fingerprint density at radius 3 is 1.64 bits per heavy atom. The predicted octanol–water partition coefficient (Wildman–Crippen LogP) is 7.82. The molecule has 0 unspecified atom stereocenters. The zero-order valence-corrected chi connectivity index (χ0v) is 30.4. The van der Waals surface area contributed by atoms with Crippen molar-refractivity contribution in [2.45, 2.75) is 122 Å². The average Bonchev–Trinajstić information content (AvgIpc) is 3.13. The van der Waals surface area contributed by atoms with Crippen LogP contribution in [0, 0.1) is 18.8 Å². The zero-order valence-electron chi connectivity index (χ0n) is 30.4. The second-order valence-electron chi connectivity index (χ2n) is 13.0. The van der Waals surface area contributed by atoms with Crippen LogP contribution in [0.25, 0.3) is 0 Å². The van der Waals surface area contributed by atoms with Crippen LogP contribution in [0.2, 0.25) is 0 Å². The van der Waals surface area contributed by atoms with E-state index >= 15 is 0 Å². The minimum Gasteiger partial charge on any atom is -0.463 e. The Labute approximate surface area is 299 Å². The molecule has 0 amide bonds. The lowest BCUT2D eigenvalue weighted by atomic mass is 9.87. The molecule has 0 heterocycles. The highest BCUT2D eigenvalue weighted by molar-refractivity contribution is 5.81. The molecule has 0 bridgehead atoms. The van der Waals surface area contributed by atoms with E-state index < -0.39 is 0 Å². The van der Waals surface area contributed by atoms with Gasteiger partial charge in [0.2, 0.25) is 0 Å². The maximum absolute atomic E-state index is 12.9. The van der Waals surface area contributed by atoms with Crippen molar-refractivity contribution in [2.75, 3.05) is 33.5 Å². The number of benzene rings is 1. The summed E-state index contributed by atoms with van der Waals surface area (Å²) in [6, 6.07) is 5.18. The molecule has 2 aliphatic carbocycles. The zero-order chi connectivity index (χ0) is 36.4. The van der Waals surface area contributed by atoms with Crippen LogP contribution in [0.15, 0.2) is 43.5 Å². The Morgan fingerprint density at radius 2 is 1.18 bits per heavy atom. The van der Waals surface area contributed by atoms with Crippen molar-refractivity contribution >= 4 is 24.2 Å². The lowest BCUT2D eigenvalue weighted by Crippen LogP contribution is -2.29. The molecule has 50 heavy (non-hydrogen) atoms. The molecule has 0 atom stereocenters. The number of aldehydes is 1. The minimum absolute atomic E-state index is 0.119. The number of hydrogen-bond donors (Lipinski definition) is 0. The Balaban J connectivity index is 0.00000205. The molecule has 0 spiro atoms. The summed E-state index contributed by atoms with van der Waals surface area (Å²) in [7, 11) is 1.74. The van der Waals surface area contributed by atoms with Gasteiger partial charge in [0, 0.05) is 33.0 Å². The second-order valence-corrected chi connectivity index (χ2v) is 13.0. The largest absolute Gasteiger partial charge is 0.463 e. The number of hydrogen-bond acceptors (Lipinski definition) is 10. The molecular weight excluding hydrogens is 640 g/mol. The summed E-state index contributed by atoms with van der Waals surface area (Å²) in [6.45, 7) is 11.1. The standard InChI is InChI=1S/C37H56O9.C3H4O/c1-4-35(38)44-26-12-8-7-11-25-43-32-19-15-30(16-20-32)37(40)46-34-22-21-33(27-28(34)2)45-36(39)29-13-17-31(18-14-29)42-24-10-6-5-9-23-41-3;1-2-3-4/h4,21-22,27,29-32H,1,5-20,23-26H2,2-3H3;2-3H,1H2. The molecule has 2 saturated carbocycles. The van der Waals surface area contributed by atoms with Crippen LogP contribution in [-0.2, 0) is 38.1 Å². The Morgan fingerprint density at radius 1 is 0.700 bits per heavy atom. The first-order valence-corrected chi connectivity index (χ1v) is 18.4. The molecule has 280 valence electrons. The van der Waals surface area contributed by atoms with Crippen LogP contribution < -0.4 is 9.47 Å². The summed E-state index contributed by atoms with van der Waals surface area (Å²) in [6.07, 6.45) is 18.2. The van der Waals surface area contributed by atoms with Gasteiger partial charge in [-0.05, 0) is 120 Å². The first-order valence-electron chi connectivity index (χ1n) is 18.4. The molecule has 0 N–H and O–H groups in total. The fourth-order valence-electron chi connectivity index (χ4n) is 6.11. The van der Waals surface area contributed by atoms with Gasteiger partial charge >= 0.3 is 17.9 Å². The molecule has 0 aliphatic heterocycles. The summed E-state index contributed by atoms with van der Waals surface area (Å²) in [5.41, 5.74) is 0.758. The van der Waals surface area contributed by atoms with Crippen LogP contribution in [-0.4, -0.2) is 69.9 Å². The van der Waals surface area contributed by atoms with Gasteiger partial charge in [-0.2, -0.15) is 0 Å². The number of allylic oxidation sites excluding steroid dienone is 1. The molecule has 10 nitrogen and oxygen atoms in total. The van der Waals surface area contributed by atoms with Gasteiger partial charge in [0.1, 0.15) is 17.8 Å². The number of methoxy groups -OCH3 is 1. The molecule has 2 aliphatic rings. The van der Waals surface area contributed by atoms with Crippen molar-refractivity contribution in [2.24, 2.45) is 11.8 Å². The molecule has 0 saturated heterocycles. The van der Waals surface area contributed by atoms with Crippen molar-refractivity contribution in [3.05, 3.63) is 49.1 Å². The van der Waals surface area contributed by atoms with Crippen molar-refractivity contribution in [1.82, 2.24) is 0 Å². The van der Waals surface area contributed by atoms with E-state index in [0.717, 1.165) is 115 Å². The van der Waals surface area contributed by atoms with Crippen molar-refractivity contribution in [1.29, 1.82) is 0 Å². The number of carbonyl (C=O) groups excluding carboxylic acids is 4. The van der Waals surface area contributed by atoms with Gasteiger partial charge in [-0.1, -0.05) is 32.4 Å². The summed E-state index contributed by atoms with van der Waals surface area (Å²) >= 11 is 0. The number of carbonyl (C=O) groups is 4. The number of esters is 3. The van der Waals surface area contributed by atoms with Crippen LogP contribution >= 0.6 is 0 Å². The highest BCUT2D eigenvalue weighted by atomic mass is 16.5. The molecule has 0 radical (unpaired) electrons. The van der Waals surface area contributed by atoms with Gasteiger partial charge in [0.15, 0.2) is 0 Å². The Hall–Kier alpha value is -3.34. The van der Waals surface area contributed by atoms with Gasteiger partial charge in [-0.25, -0.2) is 4.79 Å². The van der Waals surface area contributed by atoms with Crippen LogP contribution in [0.1, 0.15) is 108 Å². The van der Waals surface area contributed by atoms with E-state index in [4.69, 9.17) is 33.2 Å². The Bertz CT molecular complexity index is 1140. The number of unbranched alkanes of at least 4 members (excludes halogenated alkanes) is 6. The smallest absolute Gasteiger partial charge is 0.330 e. The molecule has 1 aromatic carbocycles. The Kier molecular flexibility index (Phi) is 22.7. The van der Waals surface area contributed by atoms with Crippen molar-refractivity contribution in [3.8, 4) is 11.5 Å². The van der Waals surface area contributed by atoms with E-state index in [1.807, 2.05) is 6.92 Å². The minimum atomic E-state index is -0.375. The van der Waals surface area contributed by atoms with Crippen LogP contribution in [0.4, 0.5) is 0 Å². The van der Waals surface area contributed by atoms with E-state index in [2.05, 4.69) is 13.2 Å². The lowest BCUT2D eigenvalue weighted by molar-refractivity contribution is -0.142. The monoisotopic (exact) mass is 700 g/mol. The van der Waals surface area contributed by atoms with Gasteiger partial charge < -0.3 is 28.4 Å². The number of ether oxygens (including phenoxy) is 6. The van der Waals surface area contributed by atoms with Crippen LogP contribution in [0.5, 0.6) is 11.5 Å². The van der Waals surface area contributed by atoms with E-state index in [-0.39, 0.29) is 42.0 Å². The maximum Gasteiger partial charge on any atom is 0.330 e. The fourth-order valence-corrected chi connectivity index (χ4v) is 6.11. The summed E-state index contributed by atoms with van der Waals surface area (Å²) in [5, 5.41) is 0. The van der Waals surface area contributed by atoms with E-state index in [9.17, 15) is 14.4 Å². The van der Waals surface area contributed by atoms with Crippen molar-refractivity contribution < 1.29 is 47.6 Å². The van der Waals surface area contributed by atoms with Gasteiger partial charge in [0.25, 0.3) is 0 Å². The topological polar surface area (TPSA) is 124 Å².